The zero-order valence-corrected chi connectivity index (χ0v) is 30.6. The third-order valence-corrected chi connectivity index (χ3v) is 16.2. The zero-order chi connectivity index (χ0) is 34.3. The van der Waals surface area contributed by atoms with E-state index in [1.54, 1.807) is 20.8 Å². The molecule has 0 aromatic heterocycles. The number of hydrogen-bond acceptors (Lipinski definition) is 8. The van der Waals surface area contributed by atoms with E-state index in [1.165, 1.54) is 4.90 Å². The van der Waals surface area contributed by atoms with Gasteiger partial charge in [-0.15, -0.1) is 0 Å². The predicted octanol–water partition coefficient (Wildman–Crippen LogP) is 3.87. The molecule has 46 heavy (non-hydrogen) atoms. The van der Waals surface area contributed by atoms with Crippen molar-refractivity contribution >= 4 is 42.2 Å². The number of allylic oxidation sites excluding steroid dienone is 1. The molecule has 3 N–H and O–H groups in total. The number of amides is 4. The number of fused-ring (bicyclic) bond motifs is 2. The number of sulfonamides is 1. The fraction of sp³-hybridized carbons (Fsp3) is 0.812. The van der Waals surface area contributed by atoms with Crippen molar-refractivity contribution < 1.29 is 36.8 Å². The van der Waals surface area contributed by atoms with E-state index >= 15 is 0 Å². The summed E-state index contributed by atoms with van der Waals surface area (Å²) in [5, 5.41) is 4.95. The molecule has 5 atom stereocenters. The van der Waals surface area contributed by atoms with Crippen molar-refractivity contribution in [2.75, 3.05) is 6.54 Å². The first-order valence-electron chi connectivity index (χ1n) is 16.7. The van der Waals surface area contributed by atoms with Gasteiger partial charge in [0.2, 0.25) is 21.8 Å². The Hall–Kier alpha value is -2.45. The van der Waals surface area contributed by atoms with E-state index in [0.717, 1.165) is 19.3 Å². The molecule has 4 amide bonds. The smallest absolute Gasteiger partial charge is 0.408 e. The third-order valence-electron chi connectivity index (χ3n) is 9.80. The van der Waals surface area contributed by atoms with Crippen LogP contribution in [0.15, 0.2) is 12.2 Å². The maximum Gasteiger partial charge on any atom is 0.408 e. The van der Waals surface area contributed by atoms with E-state index in [9.17, 15) is 27.6 Å². The van der Waals surface area contributed by atoms with E-state index in [0.29, 0.717) is 25.7 Å². The maximum absolute atomic E-state index is 14.3. The number of carbonyl (C=O) groups excluding carboxylic acids is 4. The summed E-state index contributed by atoms with van der Waals surface area (Å²) in [7, 11) is -6.14. The molecule has 1 saturated heterocycles. The first kappa shape index (κ1) is 36.4. The Balaban J connectivity index is 1.65. The highest BCUT2D eigenvalue weighted by Gasteiger charge is 2.62. The summed E-state index contributed by atoms with van der Waals surface area (Å²) in [6, 6.07) is -1.91. The van der Waals surface area contributed by atoms with Crippen molar-refractivity contribution in [2.45, 2.75) is 152 Å². The molecule has 4 aliphatic rings. The van der Waals surface area contributed by atoms with Gasteiger partial charge in [0.25, 0.3) is 5.91 Å². The highest BCUT2D eigenvalue weighted by molar-refractivity contribution is 7.91. The highest BCUT2D eigenvalue weighted by Crippen LogP contribution is 2.46. The van der Waals surface area contributed by atoms with Crippen molar-refractivity contribution in [1.82, 2.24) is 20.3 Å². The van der Waals surface area contributed by atoms with Crippen LogP contribution in [0.5, 0.6) is 0 Å². The minimum absolute atomic E-state index is 0.112. The molecule has 2 saturated carbocycles. The van der Waals surface area contributed by atoms with Crippen molar-refractivity contribution in [3.8, 4) is 0 Å². The van der Waals surface area contributed by atoms with Crippen LogP contribution in [0.2, 0.25) is 18.1 Å². The third kappa shape index (κ3) is 8.71. The number of carbonyl (C=O) groups is 4. The van der Waals surface area contributed by atoms with Crippen molar-refractivity contribution in [3.05, 3.63) is 12.2 Å². The lowest BCUT2D eigenvalue weighted by Crippen LogP contribution is -2.58. The summed E-state index contributed by atoms with van der Waals surface area (Å²) in [6.07, 6.45) is 7.56. The van der Waals surface area contributed by atoms with Gasteiger partial charge in [0.1, 0.15) is 23.2 Å². The molecule has 2 aliphatic heterocycles. The van der Waals surface area contributed by atoms with Crippen LogP contribution in [-0.4, -0.2) is 86.6 Å². The quantitative estimate of drug-likeness (QED) is 0.281. The number of ether oxygens (including phenoxy) is 1. The highest BCUT2D eigenvalue weighted by atomic mass is 32.2. The van der Waals surface area contributed by atoms with Gasteiger partial charge in [-0.05, 0) is 77.4 Å². The van der Waals surface area contributed by atoms with Gasteiger partial charge in [-0.3, -0.25) is 19.1 Å². The molecule has 2 aliphatic carbocycles. The molecule has 14 heteroatoms. The Morgan fingerprint density at radius 2 is 1.72 bits per heavy atom. The lowest BCUT2D eigenvalue weighted by molar-refractivity contribution is -0.141. The summed E-state index contributed by atoms with van der Waals surface area (Å²) in [6.45, 7) is 16.0. The molecule has 12 nitrogen and oxygen atoms in total. The van der Waals surface area contributed by atoms with E-state index < -0.39 is 76.7 Å². The summed E-state index contributed by atoms with van der Waals surface area (Å²) in [4.78, 5) is 56.3. The van der Waals surface area contributed by atoms with Crippen LogP contribution in [0.25, 0.3) is 0 Å². The Morgan fingerprint density at radius 3 is 2.33 bits per heavy atom. The predicted molar refractivity (Wildman–Crippen MR) is 177 cm³/mol. The monoisotopic (exact) mass is 682 g/mol. The van der Waals surface area contributed by atoms with Gasteiger partial charge in [0, 0.05) is 18.9 Å². The van der Waals surface area contributed by atoms with Crippen LogP contribution in [-0.2, 0) is 33.6 Å². The molecule has 2 heterocycles. The fourth-order valence-electron chi connectivity index (χ4n) is 5.89. The van der Waals surface area contributed by atoms with Crippen LogP contribution in [0.4, 0.5) is 4.79 Å². The van der Waals surface area contributed by atoms with Gasteiger partial charge in [0.15, 0.2) is 8.32 Å². The molecule has 260 valence electrons. The summed E-state index contributed by atoms with van der Waals surface area (Å²) in [5.41, 5.74) is -2.20. The van der Waals surface area contributed by atoms with Gasteiger partial charge in [-0.25, -0.2) is 13.2 Å². The molecule has 1 unspecified atom stereocenters. The van der Waals surface area contributed by atoms with Gasteiger partial charge in [-0.1, -0.05) is 45.8 Å². The molecular formula is C32H54N4O8SSi. The molecule has 0 aromatic rings. The summed E-state index contributed by atoms with van der Waals surface area (Å²) < 4.78 is 39.8. The second kappa shape index (κ2) is 13.2. The minimum Gasteiger partial charge on any atom is -0.444 e. The van der Waals surface area contributed by atoms with Crippen molar-refractivity contribution in [2.24, 2.45) is 5.92 Å². The largest absolute Gasteiger partial charge is 0.444 e. The van der Waals surface area contributed by atoms with E-state index in [2.05, 4.69) is 49.2 Å². The lowest BCUT2D eigenvalue weighted by Gasteiger charge is -2.38. The van der Waals surface area contributed by atoms with E-state index in [4.69, 9.17) is 9.16 Å². The SMILES string of the molecule is CC(C)(C)OC(=O)N[C@H]1CCCCCC=CC2C[C@@]2(C(=O)NS(=O)(=O)C2CC2)NC(=O)[C@@H]2C[C@@H](O[Si](C)(C)C(C)(C)C)CN2C1=O. The topological polar surface area (TPSA) is 160 Å². The number of rotatable bonds is 6. The number of nitrogens with one attached hydrogen (secondary N) is 3. The Morgan fingerprint density at radius 1 is 1.04 bits per heavy atom. The van der Waals surface area contributed by atoms with Crippen LogP contribution in [0, 0.1) is 5.92 Å². The molecule has 0 bridgehead atoms. The molecular weight excluding hydrogens is 629 g/mol. The van der Waals surface area contributed by atoms with E-state index in [1.807, 2.05) is 12.2 Å². The Labute approximate surface area is 275 Å². The van der Waals surface area contributed by atoms with Crippen molar-refractivity contribution in [1.29, 1.82) is 0 Å². The average molecular weight is 683 g/mol. The van der Waals surface area contributed by atoms with Gasteiger partial charge in [-0.2, -0.15) is 0 Å². The maximum atomic E-state index is 14.3. The van der Waals surface area contributed by atoms with E-state index in [-0.39, 0.29) is 30.3 Å². The van der Waals surface area contributed by atoms with Gasteiger partial charge < -0.3 is 24.7 Å². The first-order chi connectivity index (χ1) is 21.2. The van der Waals surface area contributed by atoms with Crippen LogP contribution in [0.1, 0.15) is 99.3 Å². The lowest BCUT2D eigenvalue weighted by atomic mass is 10.0. The first-order valence-corrected chi connectivity index (χ1v) is 21.1. The normalized spacial score (nSPS) is 29.9. The zero-order valence-electron chi connectivity index (χ0n) is 28.7. The van der Waals surface area contributed by atoms with Crippen LogP contribution in [0.3, 0.4) is 0 Å². The van der Waals surface area contributed by atoms with Crippen molar-refractivity contribution in [3.63, 3.8) is 0 Å². The fourth-order valence-corrected chi connectivity index (χ4v) is 8.61. The van der Waals surface area contributed by atoms with Gasteiger partial charge >= 0.3 is 6.09 Å². The van der Waals surface area contributed by atoms with Crippen LogP contribution >= 0.6 is 0 Å². The average Bonchev–Trinajstić information content (AvgIpc) is 3.82. The number of hydrogen-bond donors (Lipinski definition) is 3. The molecule has 0 spiro atoms. The molecule has 0 radical (unpaired) electrons. The van der Waals surface area contributed by atoms with Crippen LogP contribution < -0.4 is 15.4 Å². The second-order valence-corrected chi connectivity index (χ2v) is 22.7. The number of nitrogens with zero attached hydrogens (tertiary/aromatic N) is 1. The Kier molecular flexibility index (Phi) is 10.5. The molecule has 3 fully saturated rings. The second-order valence-electron chi connectivity index (χ2n) is 16.0. The minimum atomic E-state index is -3.84. The van der Waals surface area contributed by atoms with Gasteiger partial charge in [0.05, 0.1) is 11.4 Å². The standard InChI is InChI=1S/C32H54N4O8SSi/c1-30(2,3)43-29(40)33-24-15-13-11-9-10-12-14-21-19-32(21,28(39)35-45(41,42)23-16-17-23)34-26(37)25-18-22(20-36(25)27(24)38)44-46(7,8)31(4,5)6/h12,14,21-25H,9-11,13,15-20H2,1-8H3,(H,33,40)(H,34,37)(H,35,39)/t21?,22-,24+,25+,32-/m1/s1. The molecule has 0 aromatic carbocycles. The summed E-state index contributed by atoms with van der Waals surface area (Å²) in [5.74, 6) is -2.08. The summed E-state index contributed by atoms with van der Waals surface area (Å²) >= 11 is 0. The Bertz CT molecular complexity index is 1330. The molecule has 4 rings (SSSR count). The number of alkyl carbamates (subject to hydrolysis) is 1.